The molecule has 14 nitrogen and oxygen atoms in total. The molecule has 0 amide bonds. The number of phosphoric acid groups is 3. The Morgan fingerprint density at radius 3 is 2.15 bits per heavy atom. The standard InChI is InChI=1S/C10H13F5N3O11P3S.U/c11-5-3-18(8(33)17-7(5)16)4-9(12,10(13,14)15)6(19)1-2-27-31(23,24)29-32(25,26)28-30(20,21)22;/h1,3-4,6,19H,2H2,(H,23,24)(H,25,26)(H2,16,17,33)(H2,20,21,22);/q-2;+2/t6-,9?;/m0./s1. The van der Waals surface area contributed by atoms with Gasteiger partial charge in [0, 0.05) is 0 Å². The van der Waals surface area contributed by atoms with Crippen LogP contribution in [0, 0.1) is 54.7 Å². The van der Waals surface area contributed by atoms with E-state index >= 15 is 0 Å². The third-order valence-corrected chi connectivity index (χ3v) is 7.20. The fourth-order valence-electron chi connectivity index (χ4n) is 1.77. The van der Waals surface area contributed by atoms with Gasteiger partial charge in [-0.2, -0.15) is 21.8 Å². The summed E-state index contributed by atoms with van der Waals surface area (Å²) in [7, 11) is -17.4. The molecule has 7 N–H and O–H groups in total. The second kappa shape index (κ2) is 12.1. The van der Waals surface area contributed by atoms with E-state index in [0.717, 1.165) is 0 Å². The van der Waals surface area contributed by atoms with Crippen LogP contribution in [-0.4, -0.2) is 58.8 Å². The van der Waals surface area contributed by atoms with Crippen LogP contribution in [-0.2, 0) is 26.8 Å². The number of halogens is 5. The van der Waals surface area contributed by atoms with Gasteiger partial charge in [0.15, 0.2) is 5.67 Å². The zero-order chi connectivity index (χ0) is 26.0. The molecular formula is C10H13F5N3O11P3SU. The average Bonchev–Trinajstić information content (AvgIpc) is 2.54. The number of anilines is 1. The van der Waals surface area contributed by atoms with Crippen LogP contribution in [0.5, 0.6) is 0 Å². The fourth-order valence-corrected chi connectivity index (χ4v) is 4.95. The van der Waals surface area contributed by atoms with Crippen molar-refractivity contribution in [3.05, 3.63) is 29.8 Å². The molecule has 0 fully saturated rings. The average molecular weight is 809 g/mol. The van der Waals surface area contributed by atoms with Crippen LogP contribution in [0.4, 0.5) is 27.8 Å². The van der Waals surface area contributed by atoms with Gasteiger partial charge >= 0.3 is 60.8 Å². The van der Waals surface area contributed by atoms with Gasteiger partial charge in [-0.15, -0.1) is 12.2 Å². The molecule has 1 aromatic rings. The predicted molar refractivity (Wildman–Crippen MR) is 97.1 cm³/mol. The first-order chi connectivity index (χ1) is 14.6. The Kier molecular flexibility index (Phi) is 12.1. The van der Waals surface area contributed by atoms with Crippen molar-refractivity contribution in [1.29, 1.82) is 0 Å². The molecule has 1 heterocycles. The van der Waals surface area contributed by atoms with Gasteiger partial charge in [-0.1, -0.05) is 19.3 Å². The maximum absolute atomic E-state index is 14.7. The summed E-state index contributed by atoms with van der Waals surface area (Å²) in [6.07, 6.45) is -9.00. The number of hydrogen-bond donors (Lipinski definition) is 6. The first-order valence-corrected chi connectivity index (χ1v) is 12.5. The van der Waals surface area contributed by atoms with Crippen LogP contribution in [0.25, 0.3) is 0 Å². The van der Waals surface area contributed by atoms with E-state index in [1.54, 1.807) is 0 Å². The summed E-state index contributed by atoms with van der Waals surface area (Å²) >= 11 is 4.52. The zero-order valence-electron chi connectivity index (χ0n) is 15.8. The molecule has 1 aromatic heterocycles. The molecule has 4 atom stereocenters. The molecule has 194 valence electrons. The van der Waals surface area contributed by atoms with Crippen molar-refractivity contribution in [3.63, 3.8) is 0 Å². The van der Waals surface area contributed by atoms with E-state index in [1.807, 2.05) is 0 Å². The van der Waals surface area contributed by atoms with Crippen molar-refractivity contribution in [3.8, 4) is 0 Å². The van der Waals surface area contributed by atoms with Gasteiger partial charge in [0.2, 0.25) is 0 Å². The summed E-state index contributed by atoms with van der Waals surface area (Å²) in [5.41, 5.74) is 0.336. The number of rotatable bonds is 11. The van der Waals surface area contributed by atoms with Crippen LogP contribution < -0.4 is 5.73 Å². The number of nitrogen functional groups attached to an aromatic ring is 1. The van der Waals surface area contributed by atoms with E-state index < -0.39 is 71.0 Å². The second-order valence-electron chi connectivity index (χ2n) is 5.63. The van der Waals surface area contributed by atoms with E-state index in [2.05, 4.69) is 30.3 Å². The van der Waals surface area contributed by atoms with Crippen LogP contribution >= 0.6 is 35.7 Å². The number of nitrogens with zero attached hydrogens (tertiary/aromatic N) is 2. The Morgan fingerprint density at radius 1 is 1.15 bits per heavy atom. The van der Waals surface area contributed by atoms with Crippen LogP contribution in [0.3, 0.4) is 0 Å². The minimum atomic E-state index is -5.92. The topological polar surface area (TPSA) is 224 Å². The smallest absolute Gasteiger partial charge is 0.455 e. The van der Waals surface area contributed by atoms with E-state index in [0.29, 0.717) is 0 Å². The molecule has 0 saturated carbocycles. The number of phosphoric ester groups is 1. The molecule has 1 rings (SSSR count). The Hall–Kier alpha value is 0.0419. The Morgan fingerprint density at radius 2 is 1.68 bits per heavy atom. The number of aliphatic hydroxyl groups is 1. The Labute approximate surface area is 215 Å². The van der Waals surface area contributed by atoms with Crippen molar-refractivity contribution in [2.24, 2.45) is 0 Å². The van der Waals surface area contributed by atoms with Gasteiger partial charge in [0.25, 0.3) is 0 Å². The number of hydrogen-bond acceptors (Lipinski definition) is 10. The van der Waals surface area contributed by atoms with Crippen LogP contribution in [0.1, 0.15) is 0 Å². The SMILES string of the molecule is Nc1nc(=S)n([CH-]C(F)([C@@H](O)[CH-]COP(=O)(O)OP(=O)(O)OP(=O)(O)O)C(F)(F)F)cc1F.[U+2]. The quantitative estimate of drug-likeness (QED) is 0.0808. The predicted octanol–water partition coefficient (Wildman–Crippen LogP) is 1.52. The number of aromatic nitrogens is 2. The largest absolute Gasteiger partial charge is 2.00 e. The Balaban J connectivity index is 0.0000109. The molecule has 3 unspecified atom stereocenters. The normalized spacial score (nSPS) is 18.6. The van der Waals surface area contributed by atoms with Gasteiger partial charge in [0.1, 0.15) is 11.6 Å². The molecular weight excluding hydrogens is 796 g/mol. The van der Waals surface area contributed by atoms with Gasteiger partial charge in [-0.3, -0.25) is 11.4 Å². The molecule has 0 saturated heterocycles. The molecule has 0 aromatic carbocycles. The van der Waals surface area contributed by atoms with Crippen molar-refractivity contribution in [1.82, 2.24) is 9.55 Å². The maximum Gasteiger partial charge on any atom is 2.00 e. The molecule has 24 heteroatoms. The molecule has 34 heavy (non-hydrogen) atoms. The first kappa shape index (κ1) is 34.0. The van der Waals surface area contributed by atoms with Crippen molar-refractivity contribution < 1.29 is 105 Å². The monoisotopic (exact) mass is 809 g/mol. The van der Waals surface area contributed by atoms with Crippen molar-refractivity contribution in [2.75, 3.05) is 12.3 Å². The second-order valence-corrected chi connectivity index (χ2v) is 10.4. The fraction of sp³-hybridized carbons (Fsp3) is 0.400. The van der Waals surface area contributed by atoms with Gasteiger partial charge < -0.3 is 39.5 Å². The summed E-state index contributed by atoms with van der Waals surface area (Å²) in [5.74, 6) is -2.21. The number of alkyl halides is 4. The summed E-state index contributed by atoms with van der Waals surface area (Å²) in [4.78, 5) is 38.0. The van der Waals surface area contributed by atoms with Crippen LogP contribution in [0.15, 0.2) is 6.20 Å². The third kappa shape index (κ3) is 10.2. The number of nitrogens with two attached hydrogens (primary N) is 1. The minimum Gasteiger partial charge on any atom is -0.455 e. The molecule has 0 radical (unpaired) electrons. The Bertz CT molecular complexity index is 1070. The van der Waals surface area contributed by atoms with E-state index in [-0.39, 0.29) is 48.3 Å². The van der Waals surface area contributed by atoms with Crippen molar-refractivity contribution in [2.45, 2.75) is 17.9 Å². The summed E-state index contributed by atoms with van der Waals surface area (Å²) in [6, 6.07) is 0. The molecule has 0 aliphatic heterocycles. The van der Waals surface area contributed by atoms with E-state index in [1.165, 1.54) is 0 Å². The zero-order valence-corrected chi connectivity index (χ0v) is 23.5. The summed E-state index contributed by atoms with van der Waals surface area (Å²) in [5, 5.41) is 9.67. The number of aliphatic hydroxyl groups excluding tert-OH is 1. The van der Waals surface area contributed by atoms with Gasteiger partial charge in [0.05, 0.1) is 4.77 Å². The van der Waals surface area contributed by atoms with Crippen molar-refractivity contribution >= 4 is 41.5 Å². The molecule has 0 aliphatic rings. The molecule has 0 spiro atoms. The van der Waals surface area contributed by atoms with Crippen LogP contribution in [0.2, 0.25) is 0 Å². The summed E-state index contributed by atoms with van der Waals surface area (Å²) in [6.45, 7) is -1.99. The molecule has 0 aliphatic carbocycles. The maximum atomic E-state index is 14.7. The summed E-state index contributed by atoms with van der Waals surface area (Å²) < 4.78 is 111. The third-order valence-electron chi connectivity index (χ3n) is 3.10. The van der Waals surface area contributed by atoms with E-state index in [4.69, 9.17) is 20.4 Å². The van der Waals surface area contributed by atoms with Gasteiger partial charge in [-0.25, -0.2) is 22.5 Å². The first-order valence-electron chi connectivity index (χ1n) is 7.54. The van der Waals surface area contributed by atoms with E-state index in [9.17, 15) is 45.6 Å². The minimum absolute atomic E-state index is 0. The molecule has 0 bridgehead atoms. The van der Waals surface area contributed by atoms with Gasteiger partial charge in [-0.05, 0) is 6.10 Å².